The molecule has 4 nitrogen and oxygen atoms in total. The van der Waals surface area contributed by atoms with Gasteiger partial charge < -0.3 is 10.2 Å². The Morgan fingerprint density at radius 1 is 0.963 bits per heavy atom. The maximum atomic E-state index is 12.7. The number of rotatable bonds is 5. The van der Waals surface area contributed by atoms with Crippen molar-refractivity contribution >= 4 is 12.1 Å². The summed E-state index contributed by atoms with van der Waals surface area (Å²) in [6.07, 6.45) is 4.35. The van der Waals surface area contributed by atoms with Crippen LogP contribution in [0.4, 0.5) is 4.79 Å². The Labute approximate surface area is 162 Å². The molecule has 0 bridgehead atoms. The Morgan fingerprint density at radius 2 is 1.56 bits per heavy atom. The highest BCUT2D eigenvalue weighted by atomic mass is 16.2. The summed E-state index contributed by atoms with van der Waals surface area (Å²) >= 11 is 0. The molecule has 0 aliphatic carbocycles. The monoisotopic (exact) mass is 363 g/mol. The first kappa shape index (κ1) is 19.2. The van der Waals surface area contributed by atoms with Gasteiger partial charge in [0.15, 0.2) is 0 Å². The van der Waals surface area contributed by atoms with E-state index in [2.05, 4.69) is 46.6 Å². The minimum Gasteiger partial charge on any atom is -0.329 e. The van der Waals surface area contributed by atoms with Crippen LogP contribution in [0, 0.1) is 0 Å². The molecule has 2 amide bonds. The molecule has 1 aliphatic heterocycles. The van der Waals surface area contributed by atoms with Crippen LogP contribution in [0.2, 0.25) is 0 Å². The van der Waals surface area contributed by atoms with Gasteiger partial charge in [-0.3, -0.25) is 4.90 Å². The van der Waals surface area contributed by atoms with E-state index in [1.807, 2.05) is 55.1 Å². The third-order valence-corrected chi connectivity index (χ3v) is 5.05. The molecule has 0 radical (unpaired) electrons. The molecular formula is C23H29N3O. The lowest BCUT2D eigenvalue weighted by molar-refractivity contribution is 0.140. The van der Waals surface area contributed by atoms with E-state index < -0.39 is 0 Å². The standard InChI is InChI=1S/C23H29N3O/c1-23(2,21-13-7-4-8-14-21)24-22(27)26-18-16-25(17-19-26)15-9-12-20-10-5-3-6-11-20/h3-14H,15-19H2,1-2H3,(H,24,27)/b12-9+. The summed E-state index contributed by atoms with van der Waals surface area (Å²) in [4.78, 5) is 17.0. The zero-order chi connectivity index (χ0) is 19.1. The number of carbonyl (C=O) groups is 1. The van der Waals surface area contributed by atoms with Crippen molar-refractivity contribution in [3.05, 3.63) is 77.9 Å². The first-order chi connectivity index (χ1) is 13.0. The summed E-state index contributed by atoms with van der Waals surface area (Å²) < 4.78 is 0. The van der Waals surface area contributed by atoms with Crippen molar-refractivity contribution in [1.82, 2.24) is 15.1 Å². The molecule has 0 atom stereocenters. The Balaban J connectivity index is 1.46. The Hall–Kier alpha value is -2.59. The van der Waals surface area contributed by atoms with Gasteiger partial charge in [0.25, 0.3) is 0 Å². The number of benzene rings is 2. The summed E-state index contributed by atoms with van der Waals surface area (Å²) in [6, 6.07) is 20.5. The number of nitrogens with zero attached hydrogens (tertiary/aromatic N) is 2. The minimum absolute atomic E-state index is 0.0170. The van der Waals surface area contributed by atoms with Crippen LogP contribution in [0.3, 0.4) is 0 Å². The largest absolute Gasteiger partial charge is 0.329 e. The highest BCUT2D eigenvalue weighted by molar-refractivity contribution is 5.75. The van der Waals surface area contributed by atoms with E-state index in [9.17, 15) is 4.79 Å². The molecule has 0 saturated carbocycles. The molecule has 2 aromatic rings. The summed E-state index contributed by atoms with van der Waals surface area (Å²) in [5.74, 6) is 0. The van der Waals surface area contributed by atoms with Crippen molar-refractivity contribution in [2.45, 2.75) is 19.4 Å². The second-order valence-electron chi connectivity index (χ2n) is 7.52. The van der Waals surface area contributed by atoms with Crippen LogP contribution in [-0.2, 0) is 5.54 Å². The SMILES string of the molecule is CC(C)(NC(=O)N1CCN(C/C=C/c2ccccc2)CC1)c1ccccc1. The van der Waals surface area contributed by atoms with E-state index in [1.165, 1.54) is 5.56 Å². The van der Waals surface area contributed by atoms with Gasteiger partial charge in [0.1, 0.15) is 0 Å². The van der Waals surface area contributed by atoms with Crippen molar-refractivity contribution in [3.63, 3.8) is 0 Å². The smallest absolute Gasteiger partial charge is 0.318 e. The predicted octanol–water partition coefficient (Wildman–Crippen LogP) is 3.96. The second-order valence-corrected chi connectivity index (χ2v) is 7.52. The summed E-state index contributed by atoms with van der Waals surface area (Å²) in [5.41, 5.74) is 1.95. The van der Waals surface area contributed by atoms with Crippen LogP contribution >= 0.6 is 0 Å². The number of nitrogens with one attached hydrogen (secondary N) is 1. The Bertz CT molecular complexity index is 748. The summed E-state index contributed by atoms with van der Waals surface area (Å²) in [7, 11) is 0. The topological polar surface area (TPSA) is 35.6 Å². The van der Waals surface area contributed by atoms with Gasteiger partial charge >= 0.3 is 6.03 Å². The van der Waals surface area contributed by atoms with E-state index >= 15 is 0 Å². The second kappa shape index (κ2) is 8.87. The maximum Gasteiger partial charge on any atom is 0.318 e. The van der Waals surface area contributed by atoms with Crippen LogP contribution in [0.25, 0.3) is 6.08 Å². The van der Waals surface area contributed by atoms with Gasteiger partial charge in [0.05, 0.1) is 5.54 Å². The lowest BCUT2D eigenvalue weighted by atomic mass is 9.94. The van der Waals surface area contributed by atoms with Crippen molar-refractivity contribution in [2.75, 3.05) is 32.7 Å². The first-order valence-electron chi connectivity index (χ1n) is 9.61. The van der Waals surface area contributed by atoms with Gasteiger partial charge in [-0.1, -0.05) is 72.8 Å². The normalized spacial score (nSPS) is 15.9. The van der Waals surface area contributed by atoms with Crippen molar-refractivity contribution in [2.24, 2.45) is 0 Å². The lowest BCUT2D eigenvalue weighted by Gasteiger charge is -2.36. The van der Waals surface area contributed by atoms with Gasteiger partial charge in [-0.15, -0.1) is 0 Å². The van der Waals surface area contributed by atoms with Crippen LogP contribution in [-0.4, -0.2) is 48.6 Å². The van der Waals surface area contributed by atoms with Crippen molar-refractivity contribution in [3.8, 4) is 0 Å². The van der Waals surface area contributed by atoms with Gasteiger partial charge in [0, 0.05) is 32.7 Å². The van der Waals surface area contributed by atoms with Gasteiger partial charge in [-0.05, 0) is 25.0 Å². The number of piperazine rings is 1. The van der Waals surface area contributed by atoms with Gasteiger partial charge in [-0.2, -0.15) is 0 Å². The maximum absolute atomic E-state index is 12.7. The highest BCUT2D eigenvalue weighted by Crippen LogP contribution is 2.20. The molecule has 1 N–H and O–H groups in total. The van der Waals surface area contributed by atoms with E-state index in [4.69, 9.17) is 0 Å². The average molecular weight is 364 g/mol. The van der Waals surface area contributed by atoms with Crippen molar-refractivity contribution in [1.29, 1.82) is 0 Å². The van der Waals surface area contributed by atoms with E-state index in [0.29, 0.717) is 0 Å². The molecule has 1 saturated heterocycles. The van der Waals surface area contributed by atoms with E-state index in [1.54, 1.807) is 0 Å². The zero-order valence-electron chi connectivity index (χ0n) is 16.3. The Kier molecular flexibility index (Phi) is 6.30. The average Bonchev–Trinajstić information content (AvgIpc) is 2.70. The molecule has 3 rings (SSSR count). The zero-order valence-corrected chi connectivity index (χ0v) is 16.3. The number of carbonyl (C=O) groups excluding carboxylic acids is 1. The molecular weight excluding hydrogens is 334 g/mol. The number of amides is 2. The van der Waals surface area contributed by atoms with E-state index in [-0.39, 0.29) is 11.6 Å². The van der Waals surface area contributed by atoms with Crippen LogP contribution in [0.5, 0.6) is 0 Å². The molecule has 4 heteroatoms. The summed E-state index contributed by atoms with van der Waals surface area (Å²) in [5, 5.41) is 3.18. The molecule has 0 spiro atoms. The molecule has 142 valence electrons. The predicted molar refractivity (Wildman–Crippen MR) is 111 cm³/mol. The fourth-order valence-corrected chi connectivity index (χ4v) is 3.31. The molecule has 2 aromatic carbocycles. The molecule has 1 fully saturated rings. The molecule has 27 heavy (non-hydrogen) atoms. The van der Waals surface area contributed by atoms with Crippen molar-refractivity contribution < 1.29 is 4.79 Å². The minimum atomic E-state index is -0.381. The molecule has 1 aliphatic rings. The quantitative estimate of drug-likeness (QED) is 0.873. The van der Waals surface area contributed by atoms with Crippen LogP contribution in [0.15, 0.2) is 66.7 Å². The number of hydrogen-bond acceptors (Lipinski definition) is 2. The fourth-order valence-electron chi connectivity index (χ4n) is 3.31. The lowest BCUT2D eigenvalue weighted by Crippen LogP contribution is -2.54. The number of urea groups is 1. The third-order valence-electron chi connectivity index (χ3n) is 5.05. The summed E-state index contributed by atoms with van der Waals surface area (Å²) in [6.45, 7) is 8.33. The van der Waals surface area contributed by atoms with Crippen LogP contribution in [0.1, 0.15) is 25.0 Å². The Morgan fingerprint density at radius 3 is 2.19 bits per heavy atom. The molecule has 1 heterocycles. The third kappa shape index (κ3) is 5.44. The van der Waals surface area contributed by atoms with Gasteiger partial charge in [0.2, 0.25) is 0 Å². The van der Waals surface area contributed by atoms with Crippen LogP contribution < -0.4 is 5.32 Å². The first-order valence-corrected chi connectivity index (χ1v) is 9.61. The van der Waals surface area contributed by atoms with E-state index in [0.717, 1.165) is 38.3 Å². The fraction of sp³-hybridized carbons (Fsp3) is 0.348. The number of hydrogen-bond donors (Lipinski definition) is 1. The molecule has 0 unspecified atom stereocenters. The van der Waals surface area contributed by atoms with Gasteiger partial charge in [-0.25, -0.2) is 4.79 Å². The molecule has 0 aromatic heterocycles. The highest BCUT2D eigenvalue weighted by Gasteiger charge is 2.27.